The Morgan fingerprint density at radius 1 is 1.25 bits per heavy atom. The molecule has 0 bridgehead atoms. The summed E-state index contributed by atoms with van der Waals surface area (Å²) < 4.78 is 7.02. The third kappa shape index (κ3) is 2.70. The van der Waals surface area contributed by atoms with E-state index in [2.05, 4.69) is 0 Å². The Kier molecular flexibility index (Phi) is 4.01. The number of carbonyl (C=O) groups excluding carboxylic acids is 1. The maximum atomic E-state index is 12.4. The Hall–Kier alpha value is -1.42. The van der Waals surface area contributed by atoms with E-state index in [-0.39, 0.29) is 10.7 Å². The topological polar surface area (TPSA) is 35.1 Å². The molecule has 3 nitrogen and oxygen atoms in total. The summed E-state index contributed by atoms with van der Waals surface area (Å²) in [5, 5.41) is 0. The number of hydrogen-bond donors (Lipinski definition) is 0. The second kappa shape index (κ2) is 5.92. The highest BCUT2D eigenvalue weighted by molar-refractivity contribution is 7.71. The number of carbonyl (C=O) groups is 1. The molecule has 3 rings (SSSR count). The van der Waals surface area contributed by atoms with Crippen molar-refractivity contribution in [2.45, 2.75) is 44.9 Å². The van der Waals surface area contributed by atoms with E-state index in [0.29, 0.717) is 17.9 Å². The molecule has 1 heterocycles. The van der Waals surface area contributed by atoms with Crippen LogP contribution in [0.5, 0.6) is 0 Å². The number of oxazole rings is 1. The number of benzene rings is 1. The van der Waals surface area contributed by atoms with Crippen molar-refractivity contribution in [2.24, 2.45) is 5.92 Å². The lowest BCUT2D eigenvalue weighted by Crippen LogP contribution is -2.14. The van der Waals surface area contributed by atoms with Crippen molar-refractivity contribution in [3.8, 4) is 0 Å². The van der Waals surface area contributed by atoms with E-state index in [1.54, 1.807) is 4.57 Å². The van der Waals surface area contributed by atoms with Crippen LogP contribution < -0.4 is 0 Å². The Bertz CT molecular complexity index is 664. The number of fused-ring (bicyclic) bond motifs is 1. The van der Waals surface area contributed by atoms with Gasteiger partial charge in [0.25, 0.3) is 4.84 Å². The van der Waals surface area contributed by atoms with Crippen LogP contribution in [0.3, 0.4) is 0 Å². The number of nitrogens with zero attached hydrogens (tertiary/aromatic N) is 1. The standard InChI is InChI=1S/C16H19NO2S/c18-15(11-10-12-6-2-1-3-7-12)17-13-8-4-5-9-14(13)19-16(17)20/h4-5,8-9,12H,1-3,6-7,10-11H2. The van der Waals surface area contributed by atoms with Crippen molar-refractivity contribution in [1.29, 1.82) is 0 Å². The average Bonchev–Trinajstić information content (AvgIpc) is 2.82. The zero-order chi connectivity index (χ0) is 13.9. The minimum absolute atomic E-state index is 0.0607. The molecule has 1 aromatic heterocycles. The van der Waals surface area contributed by atoms with Crippen LogP contribution in [0.4, 0.5) is 0 Å². The van der Waals surface area contributed by atoms with Crippen LogP contribution in [0.25, 0.3) is 11.1 Å². The molecule has 0 aliphatic heterocycles. The molecule has 1 aliphatic carbocycles. The normalized spacial score (nSPS) is 16.6. The van der Waals surface area contributed by atoms with Crippen LogP contribution in [0.1, 0.15) is 49.7 Å². The van der Waals surface area contributed by atoms with Crippen molar-refractivity contribution in [2.75, 3.05) is 0 Å². The van der Waals surface area contributed by atoms with Crippen molar-refractivity contribution in [3.63, 3.8) is 0 Å². The van der Waals surface area contributed by atoms with Gasteiger partial charge in [0.05, 0.1) is 5.52 Å². The van der Waals surface area contributed by atoms with Gasteiger partial charge in [-0.2, -0.15) is 0 Å². The molecular weight excluding hydrogens is 270 g/mol. The molecule has 1 fully saturated rings. The van der Waals surface area contributed by atoms with Gasteiger partial charge in [-0.15, -0.1) is 0 Å². The van der Waals surface area contributed by atoms with Gasteiger partial charge in [-0.1, -0.05) is 44.2 Å². The first-order valence-corrected chi connectivity index (χ1v) is 7.80. The van der Waals surface area contributed by atoms with Gasteiger partial charge in [-0.25, -0.2) is 4.57 Å². The van der Waals surface area contributed by atoms with Crippen LogP contribution in [0.2, 0.25) is 0 Å². The summed E-state index contributed by atoms with van der Waals surface area (Å²) >= 11 is 5.18. The van der Waals surface area contributed by atoms with E-state index < -0.39 is 0 Å². The molecule has 0 N–H and O–H groups in total. The Balaban J connectivity index is 1.75. The van der Waals surface area contributed by atoms with E-state index in [1.165, 1.54) is 32.1 Å². The third-order valence-electron chi connectivity index (χ3n) is 4.23. The average molecular weight is 289 g/mol. The number of rotatable bonds is 3. The fraction of sp³-hybridized carbons (Fsp3) is 0.500. The van der Waals surface area contributed by atoms with E-state index in [4.69, 9.17) is 16.6 Å². The van der Waals surface area contributed by atoms with Gasteiger partial charge in [0.1, 0.15) is 0 Å². The molecule has 0 amide bonds. The predicted octanol–water partition coefficient (Wildman–Crippen LogP) is 4.96. The molecular formula is C16H19NO2S. The van der Waals surface area contributed by atoms with Gasteiger partial charge in [0.15, 0.2) is 5.58 Å². The quantitative estimate of drug-likeness (QED) is 0.749. The molecule has 1 aromatic carbocycles. The lowest BCUT2D eigenvalue weighted by molar-refractivity contribution is 0.0889. The fourth-order valence-electron chi connectivity index (χ4n) is 3.12. The summed E-state index contributed by atoms with van der Waals surface area (Å²) in [6.07, 6.45) is 8.04. The van der Waals surface area contributed by atoms with E-state index >= 15 is 0 Å². The summed E-state index contributed by atoms with van der Waals surface area (Å²) in [4.78, 5) is 12.7. The zero-order valence-corrected chi connectivity index (χ0v) is 12.3. The summed E-state index contributed by atoms with van der Waals surface area (Å²) in [6.45, 7) is 0. The van der Waals surface area contributed by atoms with Gasteiger partial charge < -0.3 is 4.42 Å². The molecule has 106 valence electrons. The zero-order valence-electron chi connectivity index (χ0n) is 11.5. The maximum Gasteiger partial charge on any atom is 0.276 e. The van der Waals surface area contributed by atoms with Gasteiger partial charge in [-0.05, 0) is 36.7 Å². The smallest absolute Gasteiger partial charge is 0.276 e. The second-order valence-electron chi connectivity index (χ2n) is 5.61. The lowest BCUT2D eigenvalue weighted by Gasteiger charge is -2.20. The monoisotopic (exact) mass is 289 g/mol. The van der Waals surface area contributed by atoms with Crippen molar-refractivity contribution < 1.29 is 9.21 Å². The largest absolute Gasteiger partial charge is 0.429 e. The van der Waals surface area contributed by atoms with Crippen molar-refractivity contribution in [1.82, 2.24) is 4.57 Å². The molecule has 0 unspecified atom stereocenters. The maximum absolute atomic E-state index is 12.4. The molecule has 2 aromatic rings. The molecule has 0 saturated heterocycles. The van der Waals surface area contributed by atoms with Crippen LogP contribution in [-0.4, -0.2) is 10.5 Å². The van der Waals surface area contributed by atoms with Gasteiger partial charge >= 0.3 is 0 Å². The second-order valence-corrected chi connectivity index (χ2v) is 5.96. The molecule has 1 saturated carbocycles. The van der Waals surface area contributed by atoms with Gasteiger partial charge in [0, 0.05) is 6.42 Å². The Morgan fingerprint density at radius 2 is 2.00 bits per heavy atom. The van der Waals surface area contributed by atoms with Gasteiger partial charge in [0.2, 0.25) is 5.91 Å². The van der Waals surface area contributed by atoms with Crippen molar-refractivity contribution in [3.05, 3.63) is 29.1 Å². The van der Waals surface area contributed by atoms with E-state index in [1.807, 2.05) is 24.3 Å². The van der Waals surface area contributed by atoms with Crippen LogP contribution in [0.15, 0.2) is 28.7 Å². The summed E-state index contributed by atoms with van der Waals surface area (Å²) in [5.41, 5.74) is 1.47. The highest BCUT2D eigenvalue weighted by atomic mass is 32.1. The first-order valence-electron chi connectivity index (χ1n) is 7.39. The minimum Gasteiger partial charge on any atom is -0.429 e. The molecule has 0 spiro atoms. The molecule has 20 heavy (non-hydrogen) atoms. The number of aromatic nitrogens is 1. The lowest BCUT2D eigenvalue weighted by atomic mass is 9.86. The molecule has 0 atom stereocenters. The Labute approximate surface area is 123 Å². The summed E-state index contributed by atoms with van der Waals surface area (Å²) in [5.74, 6) is 0.769. The highest BCUT2D eigenvalue weighted by Crippen LogP contribution is 2.28. The SMILES string of the molecule is O=C(CCC1CCCCC1)n1c(=S)oc2ccccc21. The third-order valence-corrected chi connectivity index (χ3v) is 4.49. The first-order chi connectivity index (χ1) is 9.75. The highest BCUT2D eigenvalue weighted by Gasteiger charge is 2.17. The van der Waals surface area contributed by atoms with Crippen molar-refractivity contribution >= 4 is 29.2 Å². The van der Waals surface area contributed by atoms with Gasteiger partial charge in [-0.3, -0.25) is 4.79 Å². The number of hydrogen-bond acceptors (Lipinski definition) is 3. The summed E-state index contributed by atoms with van der Waals surface area (Å²) in [6, 6.07) is 7.51. The molecule has 4 heteroatoms. The predicted molar refractivity (Wildman–Crippen MR) is 81.5 cm³/mol. The van der Waals surface area contributed by atoms with Crippen LogP contribution in [0, 0.1) is 10.8 Å². The molecule has 0 radical (unpaired) electrons. The molecule has 1 aliphatic rings. The fourth-order valence-corrected chi connectivity index (χ4v) is 3.41. The number of para-hydroxylation sites is 2. The minimum atomic E-state index is 0.0607. The van der Waals surface area contributed by atoms with Crippen LogP contribution in [-0.2, 0) is 0 Å². The Morgan fingerprint density at radius 3 is 2.80 bits per heavy atom. The summed E-state index contributed by atoms with van der Waals surface area (Å²) in [7, 11) is 0. The van der Waals surface area contributed by atoms with E-state index in [0.717, 1.165) is 11.9 Å². The van der Waals surface area contributed by atoms with E-state index in [9.17, 15) is 4.79 Å². The van der Waals surface area contributed by atoms with Crippen LogP contribution >= 0.6 is 12.2 Å². The first kappa shape index (κ1) is 13.6.